The minimum Gasteiger partial charge on any atom is -0.397 e. The predicted molar refractivity (Wildman–Crippen MR) is 142 cm³/mol. The molecule has 0 radical (unpaired) electrons. The fourth-order valence-electron chi connectivity index (χ4n) is 4.93. The molecule has 1 aliphatic carbocycles. The Bertz CT molecular complexity index is 901. The highest BCUT2D eigenvalue weighted by Gasteiger charge is 2.35. The highest BCUT2D eigenvalue weighted by molar-refractivity contribution is 7.58. The highest BCUT2D eigenvalue weighted by Crippen LogP contribution is 2.45. The summed E-state index contributed by atoms with van der Waals surface area (Å²) in [6.07, 6.45) is 4.96. The second-order valence-electron chi connectivity index (χ2n) is 10.3. The SMILES string of the molecule is CCCC(=O)N(c1cccc(C)c1N)C(C(=O)NCC(O)CP(=O)(O)CC1CCCCC1)C(C)C. The van der Waals surface area contributed by atoms with Crippen molar-refractivity contribution in [2.45, 2.75) is 84.8 Å². The molecule has 0 aliphatic heterocycles. The van der Waals surface area contributed by atoms with Gasteiger partial charge in [0.2, 0.25) is 19.2 Å². The van der Waals surface area contributed by atoms with Crippen molar-refractivity contribution in [1.29, 1.82) is 0 Å². The number of rotatable bonds is 12. The van der Waals surface area contributed by atoms with E-state index in [2.05, 4.69) is 5.32 Å². The van der Waals surface area contributed by atoms with Crippen molar-refractivity contribution in [3.8, 4) is 0 Å². The summed E-state index contributed by atoms with van der Waals surface area (Å²) < 4.78 is 12.7. The fraction of sp³-hybridized carbons (Fsp3) is 0.692. The molecular formula is C26H44N3O5P. The van der Waals surface area contributed by atoms with E-state index in [4.69, 9.17) is 5.73 Å². The number of aryl methyl sites for hydroxylation is 1. The van der Waals surface area contributed by atoms with E-state index in [0.29, 0.717) is 17.8 Å². The van der Waals surface area contributed by atoms with Crippen molar-refractivity contribution >= 4 is 30.6 Å². The first-order chi connectivity index (χ1) is 16.5. The zero-order chi connectivity index (χ0) is 26.2. The molecule has 0 heterocycles. The van der Waals surface area contributed by atoms with E-state index in [9.17, 15) is 24.2 Å². The smallest absolute Gasteiger partial charge is 0.243 e. The van der Waals surface area contributed by atoms with E-state index in [-0.39, 0.29) is 43.0 Å². The molecule has 9 heteroatoms. The third-order valence-corrected chi connectivity index (χ3v) is 8.83. The van der Waals surface area contributed by atoms with Gasteiger partial charge in [0, 0.05) is 19.1 Å². The number of nitrogens with one attached hydrogen (secondary N) is 1. The third kappa shape index (κ3) is 8.62. The van der Waals surface area contributed by atoms with Crippen LogP contribution in [0.4, 0.5) is 11.4 Å². The van der Waals surface area contributed by atoms with Gasteiger partial charge in [0.05, 0.1) is 23.6 Å². The number of aliphatic hydroxyl groups is 1. The number of hydrogen-bond acceptors (Lipinski definition) is 5. The number of para-hydroxylation sites is 1. The van der Waals surface area contributed by atoms with Gasteiger partial charge in [-0.1, -0.05) is 52.2 Å². The number of anilines is 2. The number of nitrogen functional groups attached to an aromatic ring is 1. The lowest BCUT2D eigenvalue weighted by Gasteiger charge is -2.35. The molecule has 1 fully saturated rings. The van der Waals surface area contributed by atoms with Gasteiger partial charge in [-0.2, -0.15) is 0 Å². The van der Waals surface area contributed by atoms with E-state index in [1.807, 2.05) is 33.8 Å². The average molecular weight is 510 g/mol. The second kappa shape index (κ2) is 13.4. The van der Waals surface area contributed by atoms with Gasteiger partial charge in [-0.3, -0.25) is 19.1 Å². The van der Waals surface area contributed by atoms with E-state index in [0.717, 1.165) is 31.2 Å². The van der Waals surface area contributed by atoms with Gasteiger partial charge in [0.25, 0.3) is 0 Å². The summed E-state index contributed by atoms with van der Waals surface area (Å²) in [6.45, 7) is 7.30. The van der Waals surface area contributed by atoms with Crippen LogP contribution in [0.2, 0.25) is 0 Å². The van der Waals surface area contributed by atoms with Crippen LogP contribution in [-0.2, 0) is 14.2 Å². The Balaban J connectivity index is 2.12. The number of nitrogens with two attached hydrogens (primary N) is 1. The topological polar surface area (TPSA) is 133 Å². The highest BCUT2D eigenvalue weighted by atomic mass is 31.2. The Hall–Kier alpha value is -1.89. The van der Waals surface area contributed by atoms with Gasteiger partial charge in [-0.15, -0.1) is 0 Å². The molecule has 8 nitrogen and oxygen atoms in total. The molecule has 35 heavy (non-hydrogen) atoms. The molecule has 3 unspecified atom stereocenters. The summed E-state index contributed by atoms with van der Waals surface area (Å²) in [5.74, 6) is -0.635. The van der Waals surface area contributed by atoms with Crippen LogP contribution >= 0.6 is 7.37 Å². The first-order valence-electron chi connectivity index (χ1n) is 12.9. The van der Waals surface area contributed by atoms with Crippen molar-refractivity contribution in [3.05, 3.63) is 23.8 Å². The van der Waals surface area contributed by atoms with Crippen LogP contribution in [0.25, 0.3) is 0 Å². The summed E-state index contributed by atoms with van der Waals surface area (Å²) in [6, 6.07) is 4.55. The Kier molecular flexibility index (Phi) is 11.3. The minimum atomic E-state index is -3.51. The molecule has 1 aromatic rings. The van der Waals surface area contributed by atoms with Gasteiger partial charge in [-0.05, 0) is 49.7 Å². The standard InChI is InChI=1S/C26H44N3O5P/c1-5-10-23(31)29(22-14-9-11-19(4)24(22)27)25(18(2)3)26(32)28-15-21(30)17-35(33,34)16-20-12-7-6-8-13-20/h9,11,14,18,20-21,25,30H,5-8,10,12-13,15-17,27H2,1-4H3,(H,28,32)(H,33,34). The van der Waals surface area contributed by atoms with Crippen molar-refractivity contribution in [1.82, 2.24) is 5.32 Å². The largest absolute Gasteiger partial charge is 0.397 e. The summed E-state index contributed by atoms with van der Waals surface area (Å²) in [5.41, 5.74) is 8.05. The summed E-state index contributed by atoms with van der Waals surface area (Å²) in [5, 5.41) is 13.2. The van der Waals surface area contributed by atoms with Crippen LogP contribution < -0.4 is 16.0 Å². The maximum absolute atomic E-state index is 13.3. The van der Waals surface area contributed by atoms with Gasteiger partial charge >= 0.3 is 0 Å². The maximum Gasteiger partial charge on any atom is 0.243 e. The molecule has 0 spiro atoms. The normalized spacial score (nSPS) is 18.0. The lowest BCUT2D eigenvalue weighted by molar-refractivity contribution is -0.127. The Labute approximate surface area is 210 Å². The quantitative estimate of drug-likeness (QED) is 0.248. The molecule has 1 aromatic carbocycles. The Morgan fingerprint density at radius 1 is 1.23 bits per heavy atom. The van der Waals surface area contributed by atoms with Gasteiger partial charge in [-0.25, -0.2) is 0 Å². The molecule has 5 N–H and O–H groups in total. The van der Waals surface area contributed by atoms with Gasteiger partial charge in [0.1, 0.15) is 6.04 Å². The third-order valence-electron chi connectivity index (χ3n) is 6.75. The molecule has 3 atom stereocenters. The molecule has 0 saturated heterocycles. The van der Waals surface area contributed by atoms with Crippen LogP contribution in [0, 0.1) is 18.8 Å². The molecule has 1 aliphatic rings. The van der Waals surface area contributed by atoms with Crippen molar-refractivity contribution in [2.75, 3.05) is 29.5 Å². The number of carbonyl (C=O) groups is 2. The van der Waals surface area contributed by atoms with E-state index in [1.54, 1.807) is 12.1 Å². The Morgan fingerprint density at radius 2 is 1.89 bits per heavy atom. The van der Waals surface area contributed by atoms with Gasteiger partial charge < -0.3 is 21.1 Å². The first kappa shape index (κ1) is 29.3. The zero-order valence-corrected chi connectivity index (χ0v) is 22.6. The number of hydrogen-bond donors (Lipinski definition) is 4. The molecular weight excluding hydrogens is 465 g/mol. The summed E-state index contributed by atoms with van der Waals surface area (Å²) in [7, 11) is -3.51. The molecule has 198 valence electrons. The maximum atomic E-state index is 13.3. The van der Waals surface area contributed by atoms with E-state index < -0.39 is 25.4 Å². The number of amides is 2. The Morgan fingerprint density at radius 3 is 2.49 bits per heavy atom. The van der Waals surface area contributed by atoms with Crippen LogP contribution in [0.3, 0.4) is 0 Å². The van der Waals surface area contributed by atoms with Crippen LogP contribution in [0.15, 0.2) is 18.2 Å². The van der Waals surface area contributed by atoms with Crippen molar-refractivity contribution in [3.63, 3.8) is 0 Å². The monoisotopic (exact) mass is 509 g/mol. The fourth-order valence-corrected chi connectivity index (χ4v) is 7.04. The molecule has 1 saturated carbocycles. The number of aliphatic hydroxyl groups excluding tert-OH is 1. The summed E-state index contributed by atoms with van der Waals surface area (Å²) in [4.78, 5) is 38.4. The minimum absolute atomic E-state index is 0.156. The molecule has 0 aromatic heterocycles. The van der Waals surface area contributed by atoms with E-state index >= 15 is 0 Å². The van der Waals surface area contributed by atoms with Crippen LogP contribution in [-0.4, -0.2) is 52.8 Å². The molecule has 2 amide bonds. The van der Waals surface area contributed by atoms with Crippen molar-refractivity contribution < 1.29 is 24.2 Å². The van der Waals surface area contributed by atoms with Crippen LogP contribution in [0.1, 0.15) is 71.3 Å². The number of benzene rings is 1. The lowest BCUT2D eigenvalue weighted by atomic mass is 9.91. The van der Waals surface area contributed by atoms with Crippen molar-refractivity contribution in [2.24, 2.45) is 11.8 Å². The predicted octanol–water partition coefficient (Wildman–Crippen LogP) is 4.06. The molecule has 2 rings (SSSR count). The van der Waals surface area contributed by atoms with Gasteiger partial charge in [0.15, 0.2) is 0 Å². The zero-order valence-electron chi connectivity index (χ0n) is 21.7. The average Bonchev–Trinajstić information content (AvgIpc) is 2.78. The van der Waals surface area contributed by atoms with E-state index in [1.165, 1.54) is 11.3 Å². The second-order valence-corrected chi connectivity index (χ2v) is 12.7. The first-order valence-corrected chi connectivity index (χ1v) is 14.9. The lowest BCUT2D eigenvalue weighted by Crippen LogP contribution is -2.54. The number of carbonyl (C=O) groups excluding carboxylic acids is 2. The number of nitrogens with zero attached hydrogens (tertiary/aromatic N) is 1. The van der Waals surface area contributed by atoms with Crippen LogP contribution in [0.5, 0.6) is 0 Å². The molecule has 0 bridgehead atoms. The summed E-state index contributed by atoms with van der Waals surface area (Å²) >= 11 is 0.